The topological polar surface area (TPSA) is 15.3 Å². The van der Waals surface area contributed by atoms with Gasteiger partial charge in [0.25, 0.3) is 0 Å². The van der Waals surface area contributed by atoms with Crippen molar-refractivity contribution in [2.75, 3.05) is 19.6 Å². The molecule has 1 heterocycles. The summed E-state index contributed by atoms with van der Waals surface area (Å²) in [4.78, 5) is 2.84. The van der Waals surface area contributed by atoms with E-state index in [1.807, 2.05) is 0 Å². The van der Waals surface area contributed by atoms with Gasteiger partial charge in [-0.25, -0.2) is 0 Å². The first-order valence-corrected chi connectivity index (χ1v) is 9.31. The van der Waals surface area contributed by atoms with Crippen molar-refractivity contribution in [1.82, 2.24) is 10.2 Å². The average Bonchev–Trinajstić information content (AvgIpc) is 2.38. The molecule has 2 fully saturated rings. The SMILES string of the molecule is CC(C)CCCN1CC2(CCCCC2)NCC1C(C)(C)C. The van der Waals surface area contributed by atoms with Crippen LogP contribution in [0.1, 0.15) is 79.6 Å². The van der Waals surface area contributed by atoms with Crippen LogP contribution in [-0.2, 0) is 0 Å². The highest BCUT2D eigenvalue weighted by Gasteiger charge is 2.42. The van der Waals surface area contributed by atoms with Crippen LogP contribution < -0.4 is 5.32 Å². The third-order valence-electron chi connectivity index (χ3n) is 5.65. The smallest absolute Gasteiger partial charge is 0.0309 e. The highest BCUT2D eigenvalue weighted by Crippen LogP contribution is 2.35. The lowest BCUT2D eigenvalue weighted by Crippen LogP contribution is -2.67. The van der Waals surface area contributed by atoms with Gasteiger partial charge in [0.15, 0.2) is 0 Å². The van der Waals surface area contributed by atoms with E-state index < -0.39 is 0 Å². The summed E-state index contributed by atoms with van der Waals surface area (Å²) in [5.74, 6) is 0.838. The van der Waals surface area contributed by atoms with E-state index in [2.05, 4.69) is 44.8 Å². The molecule has 2 heteroatoms. The Bertz CT molecular complexity index is 310. The molecule has 1 atom stereocenters. The molecule has 1 N–H and O–H groups in total. The molecule has 21 heavy (non-hydrogen) atoms. The molecule has 1 saturated heterocycles. The highest BCUT2D eigenvalue weighted by atomic mass is 15.3. The van der Waals surface area contributed by atoms with E-state index in [-0.39, 0.29) is 0 Å². The minimum atomic E-state index is 0.376. The Morgan fingerprint density at radius 3 is 2.38 bits per heavy atom. The first kappa shape index (κ1) is 17.3. The molecule has 1 aliphatic carbocycles. The summed E-state index contributed by atoms with van der Waals surface area (Å²) in [6, 6.07) is 0.692. The lowest BCUT2D eigenvalue weighted by atomic mass is 9.76. The summed E-state index contributed by atoms with van der Waals surface area (Å²) in [6.07, 6.45) is 9.81. The molecule has 1 spiro atoms. The van der Waals surface area contributed by atoms with Crippen LogP contribution in [0.3, 0.4) is 0 Å². The van der Waals surface area contributed by atoms with Crippen LogP contribution >= 0.6 is 0 Å². The molecule has 0 aromatic rings. The Hall–Kier alpha value is -0.0800. The molecule has 1 aliphatic heterocycles. The second-order valence-corrected chi connectivity index (χ2v) is 9.11. The second kappa shape index (κ2) is 7.00. The van der Waals surface area contributed by atoms with Crippen molar-refractivity contribution in [2.45, 2.75) is 91.1 Å². The van der Waals surface area contributed by atoms with Crippen LogP contribution in [0.4, 0.5) is 0 Å². The maximum absolute atomic E-state index is 3.98. The van der Waals surface area contributed by atoms with E-state index >= 15 is 0 Å². The molecule has 2 aliphatic rings. The number of piperazine rings is 1. The van der Waals surface area contributed by atoms with E-state index in [1.165, 1.54) is 64.6 Å². The van der Waals surface area contributed by atoms with Crippen molar-refractivity contribution < 1.29 is 0 Å². The Morgan fingerprint density at radius 2 is 1.81 bits per heavy atom. The molecular formula is C19H38N2. The lowest BCUT2D eigenvalue weighted by molar-refractivity contribution is 0.00716. The summed E-state index contributed by atoms with van der Waals surface area (Å²) >= 11 is 0. The zero-order valence-electron chi connectivity index (χ0n) is 15.2. The minimum Gasteiger partial charge on any atom is -0.308 e. The largest absolute Gasteiger partial charge is 0.308 e. The normalized spacial score (nSPS) is 27.4. The first-order chi connectivity index (χ1) is 9.82. The van der Waals surface area contributed by atoms with Crippen molar-refractivity contribution in [3.8, 4) is 0 Å². The second-order valence-electron chi connectivity index (χ2n) is 9.11. The third-order valence-corrected chi connectivity index (χ3v) is 5.65. The van der Waals surface area contributed by atoms with Gasteiger partial charge in [0.2, 0.25) is 0 Å². The van der Waals surface area contributed by atoms with Gasteiger partial charge in [-0.05, 0) is 43.6 Å². The van der Waals surface area contributed by atoms with Gasteiger partial charge >= 0.3 is 0 Å². The van der Waals surface area contributed by atoms with Crippen molar-refractivity contribution >= 4 is 0 Å². The van der Waals surface area contributed by atoms with Crippen LogP contribution in [0.5, 0.6) is 0 Å². The quantitative estimate of drug-likeness (QED) is 0.824. The molecular weight excluding hydrogens is 256 g/mol. The van der Waals surface area contributed by atoms with Gasteiger partial charge < -0.3 is 5.32 Å². The van der Waals surface area contributed by atoms with Gasteiger partial charge in [-0.3, -0.25) is 4.90 Å². The first-order valence-electron chi connectivity index (χ1n) is 9.31. The molecule has 0 radical (unpaired) electrons. The third kappa shape index (κ3) is 4.69. The number of rotatable bonds is 4. The fraction of sp³-hybridized carbons (Fsp3) is 1.00. The monoisotopic (exact) mass is 294 g/mol. The van der Waals surface area contributed by atoms with Crippen LogP contribution in [-0.4, -0.2) is 36.1 Å². The predicted octanol–water partition coefficient (Wildman–Crippen LogP) is 4.45. The van der Waals surface area contributed by atoms with E-state index in [1.54, 1.807) is 0 Å². The van der Waals surface area contributed by atoms with E-state index in [9.17, 15) is 0 Å². The van der Waals surface area contributed by atoms with Crippen LogP contribution in [0.15, 0.2) is 0 Å². The summed E-state index contributed by atoms with van der Waals surface area (Å²) in [5, 5.41) is 3.98. The van der Waals surface area contributed by atoms with E-state index in [0.717, 1.165) is 5.92 Å². The Kier molecular flexibility index (Phi) is 5.76. The number of hydrogen-bond donors (Lipinski definition) is 1. The van der Waals surface area contributed by atoms with E-state index in [4.69, 9.17) is 0 Å². The predicted molar refractivity (Wildman–Crippen MR) is 92.7 cm³/mol. The van der Waals surface area contributed by atoms with Crippen molar-refractivity contribution in [2.24, 2.45) is 11.3 Å². The van der Waals surface area contributed by atoms with Crippen LogP contribution in [0.25, 0.3) is 0 Å². The van der Waals surface area contributed by atoms with Gasteiger partial charge in [-0.15, -0.1) is 0 Å². The Morgan fingerprint density at radius 1 is 1.14 bits per heavy atom. The van der Waals surface area contributed by atoms with Crippen LogP contribution in [0.2, 0.25) is 0 Å². The Balaban J connectivity index is 2.00. The van der Waals surface area contributed by atoms with Gasteiger partial charge in [-0.2, -0.15) is 0 Å². The molecule has 0 aromatic heterocycles. The molecule has 0 bridgehead atoms. The van der Waals surface area contributed by atoms with E-state index in [0.29, 0.717) is 17.0 Å². The number of nitrogens with zero attached hydrogens (tertiary/aromatic N) is 1. The summed E-state index contributed by atoms with van der Waals surface area (Å²) in [5.41, 5.74) is 0.818. The Labute approximate surface area is 133 Å². The molecule has 0 aromatic carbocycles. The fourth-order valence-electron chi connectivity index (χ4n) is 4.35. The molecule has 2 rings (SSSR count). The zero-order chi connectivity index (χ0) is 15.5. The van der Waals surface area contributed by atoms with Gasteiger partial charge in [0.1, 0.15) is 0 Å². The molecule has 1 saturated carbocycles. The average molecular weight is 295 g/mol. The fourth-order valence-corrected chi connectivity index (χ4v) is 4.35. The summed E-state index contributed by atoms with van der Waals surface area (Å²) in [6.45, 7) is 15.7. The summed E-state index contributed by atoms with van der Waals surface area (Å²) in [7, 11) is 0. The van der Waals surface area contributed by atoms with Gasteiger partial charge in [-0.1, -0.05) is 53.9 Å². The minimum absolute atomic E-state index is 0.376. The maximum atomic E-state index is 3.98. The lowest BCUT2D eigenvalue weighted by Gasteiger charge is -2.53. The maximum Gasteiger partial charge on any atom is 0.0309 e. The molecule has 2 nitrogen and oxygen atoms in total. The van der Waals surface area contributed by atoms with Crippen molar-refractivity contribution in [3.63, 3.8) is 0 Å². The van der Waals surface area contributed by atoms with Crippen molar-refractivity contribution in [1.29, 1.82) is 0 Å². The zero-order valence-corrected chi connectivity index (χ0v) is 15.2. The van der Waals surface area contributed by atoms with Gasteiger partial charge in [0.05, 0.1) is 0 Å². The standard InChI is InChI=1S/C19H38N2/c1-16(2)10-9-13-21-15-19(11-7-6-8-12-19)20-14-17(21)18(3,4)5/h16-17,20H,6-15H2,1-5H3. The summed E-state index contributed by atoms with van der Waals surface area (Å²) < 4.78 is 0. The van der Waals surface area contributed by atoms with Crippen molar-refractivity contribution in [3.05, 3.63) is 0 Å². The molecule has 1 unspecified atom stereocenters. The van der Waals surface area contributed by atoms with Crippen LogP contribution in [0, 0.1) is 11.3 Å². The molecule has 124 valence electrons. The number of nitrogens with one attached hydrogen (secondary N) is 1. The highest BCUT2D eigenvalue weighted by molar-refractivity contribution is 5.02. The number of hydrogen-bond acceptors (Lipinski definition) is 2. The van der Waals surface area contributed by atoms with Gasteiger partial charge in [0, 0.05) is 24.7 Å². The molecule has 0 amide bonds.